The molecule has 8 nitrogen and oxygen atoms in total. The van der Waals surface area contributed by atoms with Gasteiger partial charge in [0.05, 0.1) is 23.6 Å². The van der Waals surface area contributed by atoms with Crippen LogP contribution < -0.4 is 5.73 Å². The molecule has 5 N–H and O–H groups in total. The number of carbonyl (C=O) groups is 2. The first-order chi connectivity index (χ1) is 16.8. The van der Waals surface area contributed by atoms with Crippen LogP contribution in [-0.4, -0.2) is 57.0 Å². The van der Waals surface area contributed by atoms with Crippen LogP contribution in [0.15, 0.2) is 23.3 Å². The van der Waals surface area contributed by atoms with Crippen LogP contribution in [0.2, 0.25) is 0 Å². The number of ether oxygens (including phenoxy) is 1. The number of ketones is 1. The summed E-state index contributed by atoms with van der Waals surface area (Å²) in [6.45, 7) is 7.08. The van der Waals surface area contributed by atoms with E-state index in [0.29, 0.717) is 24.8 Å². The van der Waals surface area contributed by atoms with Gasteiger partial charge in [0.25, 0.3) is 0 Å². The zero-order valence-electron chi connectivity index (χ0n) is 21.6. The standard InChI is InChI=1S/C28H38N2O6/c1-15-11-26-16(2)10-18-19(24(18,3)4)27(30,22(26)33)12-17(13-31)20(32)28(26,35)21(15)36-23(34)25(14-29)8-6-5-7-9-25/h11-12,16,18-21,31-32,35H,5-10,13,30H2,1-4H3/t16-,18?,19?,20?,21?,26?,27?,28?/m1/s1. The molecular formula is C28H38N2O6. The van der Waals surface area contributed by atoms with E-state index in [1.165, 1.54) is 6.08 Å². The van der Waals surface area contributed by atoms with Crippen LogP contribution in [0.4, 0.5) is 0 Å². The second kappa shape index (κ2) is 7.73. The molecule has 8 heteroatoms. The van der Waals surface area contributed by atoms with Crippen molar-refractivity contribution in [2.75, 3.05) is 6.61 Å². The molecule has 5 aliphatic rings. The number of hydrogen-bond acceptors (Lipinski definition) is 8. The van der Waals surface area contributed by atoms with E-state index in [1.54, 1.807) is 13.0 Å². The Balaban J connectivity index is 1.65. The predicted octanol–water partition coefficient (Wildman–Crippen LogP) is 1.92. The minimum atomic E-state index is -2.27. The lowest BCUT2D eigenvalue weighted by atomic mass is 9.58. The average Bonchev–Trinajstić information content (AvgIpc) is 3.35. The monoisotopic (exact) mass is 498 g/mol. The Kier molecular flexibility index (Phi) is 5.50. The number of rotatable bonds is 3. The van der Waals surface area contributed by atoms with Gasteiger partial charge in [0.2, 0.25) is 0 Å². The average molecular weight is 499 g/mol. The van der Waals surface area contributed by atoms with Crippen LogP contribution in [0.1, 0.15) is 66.2 Å². The Bertz CT molecular complexity index is 1110. The minimum Gasteiger partial charge on any atom is -0.453 e. The van der Waals surface area contributed by atoms with Crippen LogP contribution in [0, 0.1) is 45.3 Å². The van der Waals surface area contributed by atoms with Gasteiger partial charge in [0, 0.05) is 0 Å². The van der Waals surface area contributed by atoms with E-state index in [0.717, 1.165) is 19.3 Å². The molecule has 0 aromatic heterocycles. The molecule has 5 aliphatic carbocycles. The van der Waals surface area contributed by atoms with Crippen molar-refractivity contribution in [3.05, 3.63) is 23.3 Å². The van der Waals surface area contributed by atoms with Gasteiger partial charge in [-0.25, -0.2) is 0 Å². The zero-order valence-corrected chi connectivity index (χ0v) is 21.6. The topological polar surface area (TPSA) is 154 Å². The molecule has 2 bridgehead atoms. The molecule has 196 valence electrons. The summed E-state index contributed by atoms with van der Waals surface area (Å²) in [6.07, 6.45) is 3.76. The van der Waals surface area contributed by atoms with Crippen LogP contribution in [0.3, 0.4) is 0 Å². The van der Waals surface area contributed by atoms with E-state index in [-0.39, 0.29) is 22.8 Å². The number of nitrogens with two attached hydrogens (primary N) is 1. The first-order valence-electron chi connectivity index (χ1n) is 13.2. The maximum atomic E-state index is 14.6. The molecule has 36 heavy (non-hydrogen) atoms. The lowest BCUT2D eigenvalue weighted by Crippen LogP contribution is -2.68. The largest absolute Gasteiger partial charge is 0.453 e. The molecular weight excluding hydrogens is 460 g/mol. The lowest BCUT2D eigenvalue weighted by molar-refractivity contribution is -0.207. The maximum absolute atomic E-state index is 14.6. The third-order valence-electron chi connectivity index (χ3n) is 10.6. The number of Topliss-reactive ketones (excluding diaryl/α,β-unsaturated/α-hetero) is 1. The molecule has 0 saturated heterocycles. The van der Waals surface area contributed by atoms with Crippen molar-refractivity contribution in [3.8, 4) is 6.07 Å². The molecule has 3 saturated carbocycles. The molecule has 3 fully saturated rings. The van der Waals surface area contributed by atoms with Gasteiger partial charge in [0.1, 0.15) is 6.10 Å². The number of aliphatic hydroxyl groups excluding tert-OH is 2. The highest BCUT2D eigenvalue weighted by atomic mass is 16.6. The number of hydrogen-bond donors (Lipinski definition) is 4. The molecule has 5 rings (SSSR count). The Morgan fingerprint density at radius 3 is 2.47 bits per heavy atom. The molecule has 8 atom stereocenters. The van der Waals surface area contributed by atoms with Crippen LogP contribution in [-0.2, 0) is 14.3 Å². The van der Waals surface area contributed by atoms with Gasteiger partial charge in [-0.3, -0.25) is 9.59 Å². The lowest BCUT2D eigenvalue weighted by Gasteiger charge is -2.49. The van der Waals surface area contributed by atoms with Crippen molar-refractivity contribution in [2.45, 2.75) is 89.6 Å². The fourth-order valence-corrected chi connectivity index (χ4v) is 8.57. The summed E-state index contributed by atoms with van der Waals surface area (Å²) >= 11 is 0. The highest BCUT2D eigenvalue weighted by Crippen LogP contribution is 2.72. The third-order valence-corrected chi connectivity index (χ3v) is 10.6. The van der Waals surface area contributed by atoms with Crippen LogP contribution >= 0.6 is 0 Å². The minimum absolute atomic E-state index is 0.0441. The van der Waals surface area contributed by atoms with Gasteiger partial charge in [-0.15, -0.1) is 0 Å². The van der Waals surface area contributed by atoms with Gasteiger partial charge in [-0.2, -0.15) is 5.26 Å². The van der Waals surface area contributed by atoms with Crippen molar-refractivity contribution >= 4 is 11.8 Å². The number of aliphatic hydroxyl groups is 3. The highest BCUT2D eigenvalue weighted by Gasteiger charge is 2.79. The summed E-state index contributed by atoms with van der Waals surface area (Å²) in [6, 6.07) is 2.15. The summed E-state index contributed by atoms with van der Waals surface area (Å²) in [7, 11) is 0. The van der Waals surface area contributed by atoms with E-state index >= 15 is 0 Å². The number of esters is 1. The zero-order chi connectivity index (χ0) is 26.5. The van der Waals surface area contributed by atoms with Crippen molar-refractivity contribution in [1.82, 2.24) is 0 Å². The summed E-state index contributed by atoms with van der Waals surface area (Å²) in [5.74, 6) is -1.67. The van der Waals surface area contributed by atoms with Crippen LogP contribution in [0.25, 0.3) is 0 Å². The molecule has 1 spiro atoms. The quantitative estimate of drug-likeness (QED) is 0.340. The van der Waals surface area contributed by atoms with Crippen molar-refractivity contribution in [2.24, 2.45) is 39.7 Å². The van der Waals surface area contributed by atoms with E-state index in [9.17, 15) is 30.2 Å². The van der Waals surface area contributed by atoms with Crippen molar-refractivity contribution < 1.29 is 29.6 Å². The summed E-state index contributed by atoms with van der Waals surface area (Å²) in [5, 5.41) is 44.3. The maximum Gasteiger partial charge on any atom is 0.327 e. The molecule has 0 amide bonds. The number of nitriles is 1. The van der Waals surface area contributed by atoms with Gasteiger partial charge in [-0.05, 0) is 60.5 Å². The predicted molar refractivity (Wildman–Crippen MR) is 130 cm³/mol. The van der Waals surface area contributed by atoms with E-state index in [4.69, 9.17) is 10.5 Å². The molecule has 0 radical (unpaired) electrons. The Morgan fingerprint density at radius 2 is 1.89 bits per heavy atom. The van der Waals surface area contributed by atoms with Gasteiger partial charge in [-0.1, -0.05) is 52.2 Å². The Hall–Kier alpha value is -2.05. The molecule has 0 aromatic carbocycles. The second-order valence-corrected chi connectivity index (χ2v) is 12.7. The molecule has 7 unspecified atom stereocenters. The van der Waals surface area contributed by atoms with E-state index in [2.05, 4.69) is 19.9 Å². The smallest absolute Gasteiger partial charge is 0.327 e. The first-order valence-corrected chi connectivity index (χ1v) is 13.2. The van der Waals surface area contributed by atoms with Gasteiger partial charge in [0.15, 0.2) is 22.9 Å². The van der Waals surface area contributed by atoms with E-state index < -0.39 is 58.5 Å². The normalized spacial score (nSPS) is 46.2. The Morgan fingerprint density at radius 1 is 1.25 bits per heavy atom. The third kappa shape index (κ3) is 2.83. The van der Waals surface area contributed by atoms with E-state index in [1.807, 2.05) is 6.92 Å². The van der Waals surface area contributed by atoms with Crippen molar-refractivity contribution in [1.29, 1.82) is 5.26 Å². The molecule has 0 heterocycles. The fourth-order valence-electron chi connectivity index (χ4n) is 8.57. The Labute approximate surface area is 212 Å². The second-order valence-electron chi connectivity index (χ2n) is 12.7. The number of fused-ring (bicyclic) bond motifs is 3. The van der Waals surface area contributed by atoms with Crippen molar-refractivity contribution in [3.63, 3.8) is 0 Å². The summed E-state index contributed by atoms with van der Waals surface area (Å²) < 4.78 is 5.94. The summed E-state index contributed by atoms with van der Waals surface area (Å²) in [5.41, 5.74) is 0.458. The molecule has 0 aromatic rings. The van der Waals surface area contributed by atoms with Crippen LogP contribution in [0.5, 0.6) is 0 Å². The SMILES string of the molecule is CC1=CC23C(=O)C(N)(C=C(CO)C(O)C2(O)C1OC(=O)C1(C#N)CCCCC1)C1C(C[C@H]3C)C1(C)C. The summed E-state index contributed by atoms with van der Waals surface area (Å²) in [4.78, 5) is 28.0. The van der Waals surface area contributed by atoms with Gasteiger partial charge < -0.3 is 25.8 Å². The number of carbonyl (C=O) groups excluding carboxylic acids is 2. The van der Waals surface area contributed by atoms with Gasteiger partial charge >= 0.3 is 5.97 Å². The molecule has 0 aliphatic heterocycles. The number of nitrogens with zero attached hydrogens (tertiary/aromatic N) is 1. The first kappa shape index (κ1) is 25.6. The fraction of sp³-hybridized carbons (Fsp3) is 0.750. The highest BCUT2D eigenvalue weighted by molar-refractivity contribution is 6.01.